The second-order valence-electron chi connectivity index (χ2n) is 4.45. The molecule has 0 bridgehead atoms. The first-order valence-corrected chi connectivity index (χ1v) is 5.76. The topological polar surface area (TPSA) is 46.2 Å². The van der Waals surface area contributed by atoms with E-state index < -0.39 is 0 Å². The Morgan fingerprint density at radius 3 is 2.35 bits per heavy atom. The summed E-state index contributed by atoms with van der Waals surface area (Å²) in [6, 6.07) is 10.0. The number of allylic oxidation sites excluding steroid dienone is 1. The molecule has 3 heteroatoms. The fourth-order valence-electron chi connectivity index (χ4n) is 1.68. The molecule has 2 nitrogen and oxygen atoms in total. The van der Waals surface area contributed by atoms with E-state index in [0.717, 1.165) is 6.42 Å². The van der Waals surface area contributed by atoms with E-state index in [9.17, 15) is 0 Å². The molecule has 0 fully saturated rings. The zero-order chi connectivity index (χ0) is 12.0. The molecule has 1 atom stereocenters. The number of rotatable bonds is 5. The van der Waals surface area contributed by atoms with Crippen molar-refractivity contribution in [3.8, 4) is 0 Å². The smallest absolute Gasteiger partial charge is 0.0585 e. The largest absolute Gasteiger partial charge is 0.395 e. The molecule has 0 saturated heterocycles. The summed E-state index contributed by atoms with van der Waals surface area (Å²) in [4.78, 5) is 0. The third kappa shape index (κ3) is 5.87. The quantitative estimate of drug-likeness (QED) is 0.850. The van der Waals surface area contributed by atoms with E-state index in [2.05, 4.69) is 32.1 Å². The summed E-state index contributed by atoms with van der Waals surface area (Å²) in [6.07, 6.45) is 2.93. The highest BCUT2D eigenvalue weighted by Crippen LogP contribution is 2.21. The minimum Gasteiger partial charge on any atom is -0.395 e. The van der Waals surface area contributed by atoms with Crippen LogP contribution in [0.5, 0.6) is 0 Å². The summed E-state index contributed by atoms with van der Waals surface area (Å²) in [5.74, 6) is 0.487. The van der Waals surface area contributed by atoms with Crippen LogP contribution in [0.4, 0.5) is 0 Å². The lowest BCUT2D eigenvalue weighted by molar-refractivity contribution is 0.267. The van der Waals surface area contributed by atoms with Crippen LogP contribution in [0.1, 0.15) is 25.8 Å². The van der Waals surface area contributed by atoms with Crippen molar-refractivity contribution in [2.45, 2.75) is 26.3 Å². The molecule has 0 radical (unpaired) electrons. The number of benzene rings is 1. The molecule has 0 saturated carbocycles. The fraction of sp³-hybridized carbons (Fsp3) is 0.429. The first-order chi connectivity index (χ1) is 7.63. The lowest BCUT2D eigenvalue weighted by Crippen LogP contribution is -2.24. The summed E-state index contributed by atoms with van der Waals surface area (Å²) in [5, 5.41) is 9.01. The van der Waals surface area contributed by atoms with Gasteiger partial charge in [0, 0.05) is 6.04 Å². The van der Waals surface area contributed by atoms with Gasteiger partial charge in [-0.2, -0.15) is 0 Å². The van der Waals surface area contributed by atoms with Crippen LogP contribution in [-0.2, 0) is 0 Å². The van der Waals surface area contributed by atoms with Gasteiger partial charge in [0.15, 0.2) is 0 Å². The highest BCUT2D eigenvalue weighted by molar-refractivity contribution is 5.85. The van der Waals surface area contributed by atoms with E-state index in [1.807, 2.05) is 18.2 Å². The third-order valence-corrected chi connectivity index (χ3v) is 2.40. The Hall–Kier alpha value is -0.830. The van der Waals surface area contributed by atoms with E-state index >= 15 is 0 Å². The molecule has 0 aromatic heterocycles. The van der Waals surface area contributed by atoms with E-state index in [4.69, 9.17) is 10.8 Å². The molecule has 3 N–H and O–H groups in total. The van der Waals surface area contributed by atoms with Gasteiger partial charge in [0.1, 0.15) is 0 Å². The zero-order valence-corrected chi connectivity index (χ0v) is 11.3. The lowest BCUT2D eigenvalue weighted by Gasteiger charge is -2.13. The van der Waals surface area contributed by atoms with Crippen molar-refractivity contribution in [2.75, 3.05) is 6.61 Å². The zero-order valence-electron chi connectivity index (χ0n) is 10.5. The molecule has 0 aliphatic heterocycles. The van der Waals surface area contributed by atoms with Crippen molar-refractivity contribution < 1.29 is 5.11 Å². The second kappa shape index (κ2) is 8.29. The average Bonchev–Trinajstić information content (AvgIpc) is 2.28. The summed E-state index contributed by atoms with van der Waals surface area (Å²) in [5.41, 5.74) is 8.21. The molecule has 1 aromatic rings. The minimum atomic E-state index is -0.176. The van der Waals surface area contributed by atoms with E-state index in [-0.39, 0.29) is 25.1 Å². The first kappa shape index (κ1) is 16.2. The van der Waals surface area contributed by atoms with Crippen LogP contribution < -0.4 is 5.73 Å². The Bertz CT molecular complexity index is 335. The molecule has 1 rings (SSSR count). The molecule has 0 spiro atoms. The number of aliphatic hydroxyl groups is 1. The second-order valence-corrected chi connectivity index (χ2v) is 4.45. The van der Waals surface area contributed by atoms with Crippen LogP contribution in [0.25, 0.3) is 5.57 Å². The minimum absolute atomic E-state index is 0. The summed E-state index contributed by atoms with van der Waals surface area (Å²) in [6.45, 7) is 4.32. The summed E-state index contributed by atoms with van der Waals surface area (Å²) < 4.78 is 0. The van der Waals surface area contributed by atoms with E-state index in [1.165, 1.54) is 11.1 Å². The lowest BCUT2D eigenvalue weighted by atomic mass is 9.96. The summed E-state index contributed by atoms with van der Waals surface area (Å²) in [7, 11) is 0. The van der Waals surface area contributed by atoms with Crippen LogP contribution in [0, 0.1) is 5.92 Å². The Kier molecular flexibility index (Phi) is 7.88. The monoisotopic (exact) mass is 255 g/mol. The summed E-state index contributed by atoms with van der Waals surface area (Å²) >= 11 is 0. The van der Waals surface area contributed by atoms with Crippen molar-refractivity contribution in [2.24, 2.45) is 11.7 Å². The SMILES string of the molecule is CC(C)/C=C(\CC(N)CO)c1ccccc1.Cl. The van der Waals surface area contributed by atoms with Gasteiger partial charge in [0.2, 0.25) is 0 Å². The number of aliphatic hydroxyl groups excluding tert-OH is 1. The Morgan fingerprint density at radius 2 is 1.88 bits per heavy atom. The third-order valence-electron chi connectivity index (χ3n) is 2.40. The number of halogens is 1. The van der Waals surface area contributed by atoms with Crippen LogP contribution in [-0.4, -0.2) is 17.8 Å². The van der Waals surface area contributed by atoms with Gasteiger partial charge in [-0.1, -0.05) is 50.3 Å². The molecule has 0 heterocycles. The van der Waals surface area contributed by atoms with Gasteiger partial charge in [-0.25, -0.2) is 0 Å². The van der Waals surface area contributed by atoms with Gasteiger partial charge in [-0.05, 0) is 23.5 Å². The van der Waals surface area contributed by atoms with Crippen molar-refractivity contribution >= 4 is 18.0 Å². The van der Waals surface area contributed by atoms with Gasteiger partial charge in [-0.15, -0.1) is 12.4 Å². The van der Waals surface area contributed by atoms with Gasteiger partial charge >= 0.3 is 0 Å². The molecule has 0 aliphatic carbocycles. The van der Waals surface area contributed by atoms with Crippen LogP contribution in [0.2, 0.25) is 0 Å². The van der Waals surface area contributed by atoms with Gasteiger partial charge in [0.25, 0.3) is 0 Å². The maximum atomic E-state index is 9.01. The number of hydrogen-bond acceptors (Lipinski definition) is 2. The molecule has 0 aliphatic rings. The van der Waals surface area contributed by atoms with Crippen LogP contribution >= 0.6 is 12.4 Å². The molecule has 1 unspecified atom stereocenters. The molecule has 0 amide bonds. The van der Waals surface area contributed by atoms with Crippen molar-refractivity contribution in [3.63, 3.8) is 0 Å². The fourth-order valence-corrected chi connectivity index (χ4v) is 1.68. The highest BCUT2D eigenvalue weighted by atomic mass is 35.5. The van der Waals surface area contributed by atoms with Gasteiger partial charge < -0.3 is 10.8 Å². The molecule has 1 aromatic carbocycles. The van der Waals surface area contributed by atoms with Crippen LogP contribution in [0.3, 0.4) is 0 Å². The predicted molar refractivity (Wildman–Crippen MR) is 76.2 cm³/mol. The van der Waals surface area contributed by atoms with Crippen molar-refractivity contribution in [1.82, 2.24) is 0 Å². The predicted octanol–water partition coefficient (Wildman–Crippen LogP) is 2.86. The number of nitrogens with two attached hydrogens (primary N) is 1. The Morgan fingerprint density at radius 1 is 1.29 bits per heavy atom. The van der Waals surface area contributed by atoms with E-state index in [0.29, 0.717) is 5.92 Å². The van der Waals surface area contributed by atoms with Crippen molar-refractivity contribution in [3.05, 3.63) is 42.0 Å². The molecule has 17 heavy (non-hydrogen) atoms. The van der Waals surface area contributed by atoms with Crippen LogP contribution in [0.15, 0.2) is 36.4 Å². The first-order valence-electron chi connectivity index (χ1n) is 5.76. The Labute approximate surface area is 110 Å². The standard InChI is InChI=1S/C14H21NO.ClH/c1-11(2)8-13(9-14(15)10-16)12-6-4-3-5-7-12;/h3-8,11,14,16H,9-10,15H2,1-2H3;1H/b13-8+;. The Balaban J connectivity index is 0.00000256. The average molecular weight is 256 g/mol. The van der Waals surface area contributed by atoms with Gasteiger partial charge in [-0.3, -0.25) is 0 Å². The maximum absolute atomic E-state index is 9.01. The highest BCUT2D eigenvalue weighted by Gasteiger charge is 2.07. The number of hydrogen-bond donors (Lipinski definition) is 2. The van der Waals surface area contributed by atoms with E-state index in [1.54, 1.807) is 0 Å². The molecule has 96 valence electrons. The molecular formula is C14H22ClNO. The van der Waals surface area contributed by atoms with Gasteiger partial charge in [0.05, 0.1) is 6.61 Å². The normalized spacial score (nSPS) is 13.4. The van der Waals surface area contributed by atoms with Crippen molar-refractivity contribution in [1.29, 1.82) is 0 Å². The molecular weight excluding hydrogens is 234 g/mol. The maximum Gasteiger partial charge on any atom is 0.0585 e.